The van der Waals surface area contributed by atoms with E-state index in [2.05, 4.69) is 5.10 Å². The predicted molar refractivity (Wildman–Crippen MR) is 90.0 cm³/mol. The lowest BCUT2D eigenvalue weighted by atomic mass is 10.1. The van der Waals surface area contributed by atoms with E-state index in [1.807, 2.05) is 42.5 Å². The van der Waals surface area contributed by atoms with Gasteiger partial charge in [-0.3, -0.25) is 0 Å². The average molecular weight is 327 g/mol. The maximum absolute atomic E-state index is 12.2. The summed E-state index contributed by atoms with van der Waals surface area (Å²) in [6.07, 6.45) is 1.54. The van der Waals surface area contributed by atoms with Gasteiger partial charge in [-0.05, 0) is 31.2 Å². The lowest BCUT2D eigenvalue weighted by Gasteiger charge is -2.10. The number of aromatic nitrogens is 2. The molecule has 5 heteroatoms. The standard InChI is InChI=1S/C18H15ClN2O2/c1-2-23-18(22)16-12-20-21(15-6-4-3-5-7-15)17(16)13-8-10-14(19)11-9-13/h3-12H,2H2,1H3. The topological polar surface area (TPSA) is 44.1 Å². The largest absolute Gasteiger partial charge is 0.462 e. The average Bonchev–Trinajstić information content (AvgIpc) is 3.01. The van der Waals surface area contributed by atoms with E-state index in [-0.39, 0.29) is 5.97 Å². The predicted octanol–water partition coefficient (Wildman–Crippen LogP) is 4.37. The molecule has 0 spiro atoms. The van der Waals surface area contributed by atoms with Crippen LogP contribution in [0.1, 0.15) is 17.3 Å². The molecule has 0 N–H and O–H groups in total. The fraction of sp³-hybridized carbons (Fsp3) is 0.111. The van der Waals surface area contributed by atoms with Crippen molar-refractivity contribution >= 4 is 17.6 Å². The number of benzene rings is 2. The molecule has 0 saturated heterocycles. The van der Waals surface area contributed by atoms with Gasteiger partial charge >= 0.3 is 5.97 Å². The molecule has 0 amide bonds. The molecule has 0 fully saturated rings. The molecule has 4 nitrogen and oxygen atoms in total. The van der Waals surface area contributed by atoms with Gasteiger partial charge in [0.05, 0.1) is 24.2 Å². The summed E-state index contributed by atoms with van der Waals surface area (Å²) in [4.78, 5) is 12.2. The number of nitrogens with zero attached hydrogens (tertiary/aromatic N) is 2. The molecule has 0 unspecified atom stereocenters. The van der Waals surface area contributed by atoms with E-state index in [0.29, 0.717) is 22.9 Å². The minimum Gasteiger partial charge on any atom is -0.462 e. The summed E-state index contributed by atoms with van der Waals surface area (Å²) in [5, 5.41) is 5.01. The first-order valence-corrected chi connectivity index (χ1v) is 7.65. The molecule has 0 aliphatic carbocycles. The van der Waals surface area contributed by atoms with E-state index in [1.54, 1.807) is 23.7 Å². The molecule has 0 aliphatic heterocycles. The number of esters is 1. The van der Waals surface area contributed by atoms with Crippen LogP contribution in [0.4, 0.5) is 0 Å². The van der Waals surface area contributed by atoms with Crippen molar-refractivity contribution in [3.05, 3.63) is 71.4 Å². The van der Waals surface area contributed by atoms with Crippen molar-refractivity contribution in [2.45, 2.75) is 6.92 Å². The first-order chi connectivity index (χ1) is 11.2. The Labute approximate surface area is 139 Å². The molecule has 116 valence electrons. The zero-order valence-electron chi connectivity index (χ0n) is 12.6. The zero-order chi connectivity index (χ0) is 16.2. The van der Waals surface area contributed by atoms with Crippen molar-refractivity contribution in [1.29, 1.82) is 0 Å². The monoisotopic (exact) mass is 326 g/mol. The molecule has 3 rings (SSSR count). The Morgan fingerprint density at radius 3 is 2.48 bits per heavy atom. The van der Waals surface area contributed by atoms with E-state index in [4.69, 9.17) is 16.3 Å². The van der Waals surface area contributed by atoms with Gasteiger partial charge < -0.3 is 4.74 Å². The van der Waals surface area contributed by atoms with Gasteiger partial charge in [0.1, 0.15) is 5.56 Å². The normalized spacial score (nSPS) is 10.5. The van der Waals surface area contributed by atoms with Gasteiger partial charge in [0.25, 0.3) is 0 Å². The first kappa shape index (κ1) is 15.3. The number of halogens is 1. The van der Waals surface area contributed by atoms with Crippen molar-refractivity contribution in [2.24, 2.45) is 0 Å². The van der Waals surface area contributed by atoms with Crippen molar-refractivity contribution < 1.29 is 9.53 Å². The van der Waals surface area contributed by atoms with Crippen molar-refractivity contribution in [3.8, 4) is 16.9 Å². The number of carbonyl (C=O) groups excluding carboxylic acids is 1. The fourth-order valence-corrected chi connectivity index (χ4v) is 2.48. The van der Waals surface area contributed by atoms with Crippen LogP contribution in [0.2, 0.25) is 5.02 Å². The smallest absolute Gasteiger partial charge is 0.342 e. The number of para-hydroxylation sites is 1. The summed E-state index contributed by atoms with van der Waals surface area (Å²) in [5.74, 6) is -0.389. The van der Waals surface area contributed by atoms with E-state index in [9.17, 15) is 4.79 Å². The van der Waals surface area contributed by atoms with E-state index >= 15 is 0 Å². The molecule has 0 atom stereocenters. The fourth-order valence-electron chi connectivity index (χ4n) is 2.36. The van der Waals surface area contributed by atoms with Crippen molar-refractivity contribution in [1.82, 2.24) is 9.78 Å². The van der Waals surface area contributed by atoms with Crippen molar-refractivity contribution in [3.63, 3.8) is 0 Å². The van der Waals surface area contributed by atoms with Crippen LogP contribution >= 0.6 is 11.6 Å². The highest BCUT2D eigenvalue weighted by Gasteiger charge is 2.20. The SMILES string of the molecule is CCOC(=O)c1cnn(-c2ccccc2)c1-c1ccc(Cl)cc1. The summed E-state index contributed by atoms with van der Waals surface area (Å²) in [5.41, 5.74) is 2.83. The second kappa shape index (κ2) is 6.67. The van der Waals surface area contributed by atoms with Gasteiger partial charge in [0.15, 0.2) is 0 Å². The van der Waals surface area contributed by atoms with Crippen LogP contribution in [0.15, 0.2) is 60.8 Å². The van der Waals surface area contributed by atoms with Crippen LogP contribution in [-0.4, -0.2) is 22.4 Å². The highest BCUT2D eigenvalue weighted by atomic mass is 35.5. The van der Waals surface area contributed by atoms with E-state index in [0.717, 1.165) is 11.3 Å². The molecule has 0 radical (unpaired) electrons. The highest BCUT2D eigenvalue weighted by Crippen LogP contribution is 2.28. The second-order valence-corrected chi connectivity index (χ2v) is 5.32. The minimum atomic E-state index is -0.389. The third kappa shape index (κ3) is 3.12. The van der Waals surface area contributed by atoms with Gasteiger partial charge in [0, 0.05) is 10.6 Å². The zero-order valence-corrected chi connectivity index (χ0v) is 13.3. The van der Waals surface area contributed by atoms with Gasteiger partial charge in [0.2, 0.25) is 0 Å². The summed E-state index contributed by atoms with van der Waals surface area (Å²) in [7, 11) is 0. The molecule has 2 aromatic carbocycles. The highest BCUT2D eigenvalue weighted by molar-refractivity contribution is 6.30. The summed E-state index contributed by atoms with van der Waals surface area (Å²) in [6, 6.07) is 16.9. The van der Waals surface area contributed by atoms with Gasteiger partial charge in [-0.15, -0.1) is 0 Å². The van der Waals surface area contributed by atoms with E-state index < -0.39 is 0 Å². The Bertz CT molecular complexity index is 811. The Kier molecular flexibility index (Phi) is 4.44. The maximum atomic E-state index is 12.2. The maximum Gasteiger partial charge on any atom is 0.342 e. The van der Waals surface area contributed by atoms with Crippen LogP contribution in [0.3, 0.4) is 0 Å². The van der Waals surface area contributed by atoms with E-state index in [1.165, 1.54) is 6.20 Å². The molecule has 1 aromatic heterocycles. The second-order valence-electron chi connectivity index (χ2n) is 4.88. The third-order valence-electron chi connectivity index (χ3n) is 3.38. The molecule has 23 heavy (non-hydrogen) atoms. The summed E-state index contributed by atoms with van der Waals surface area (Å²) >= 11 is 5.97. The van der Waals surface area contributed by atoms with Gasteiger partial charge in [-0.25, -0.2) is 9.48 Å². The first-order valence-electron chi connectivity index (χ1n) is 7.27. The molecule has 0 saturated carbocycles. The molecular formula is C18H15ClN2O2. The Morgan fingerprint density at radius 1 is 1.13 bits per heavy atom. The Morgan fingerprint density at radius 2 is 1.83 bits per heavy atom. The number of hydrogen-bond acceptors (Lipinski definition) is 3. The number of rotatable bonds is 4. The lowest BCUT2D eigenvalue weighted by Crippen LogP contribution is -2.07. The number of ether oxygens (including phenoxy) is 1. The van der Waals surface area contributed by atoms with Gasteiger partial charge in [-0.2, -0.15) is 5.10 Å². The van der Waals surface area contributed by atoms with Crippen LogP contribution in [0, 0.1) is 0 Å². The van der Waals surface area contributed by atoms with Crippen LogP contribution in [-0.2, 0) is 4.74 Å². The number of carbonyl (C=O) groups is 1. The molecule has 3 aromatic rings. The minimum absolute atomic E-state index is 0.315. The molecular weight excluding hydrogens is 312 g/mol. The summed E-state index contributed by atoms with van der Waals surface area (Å²) < 4.78 is 6.88. The Hall–Kier alpha value is -2.59. The third-order valence-corrected chi connectivity index (χ3v) is 3.63. The molecule has 1 heterocycles. The lowest BCUT2D eigenvalue weighted by molar-refractivity contribution is 0.0527. The Balaban J connectivity index is 2.18. The molecule has 0 aliphatic rings. The van der Waals surface area contributed by atoms with Gasteiger partial charge in [-0.1, -0.05) is 41.9 Å². The van der Waals surface area contributed by atoms with Crippen LogP contribution < -0.4 is 0 Å². The van der Waals surface area contributed by atoms with Crippen LogP contribution in [0.25, 0.3) is 16.9 Å². The quantitative estimate of drug-likeness (QED) is 0.669. The number of hydrogen-bond donors (Lipinski definition) is 0. The molecule has 0 bridgehead atoms. The summed E-state index contributed by atoms with van der Waals surface area (Å²) in [6.45, 7) is 2.09. The van der Waals surface area contributed by atoms with Crippen molar-refractivity contribution in [2.75, 3.05) is 6.61 Å². The van der Waals surface area contributed by atoms with Crippen LogP contribution in [0.5, 0.6) is 0 Å².